The van der Waals surface area contributed by atoms with Crippen LogP contribution >= 0.6 is 0 Å². The molecular formula is C10H20N2. The van der Waals surface area contributed by atoms with Crippen molar-refractivity contribution in [3.8, 4) is 0 Å². The van der Waals surface area contributed by atoms with Crippen LogP contribution in [-0.4, -0.2) is 37.6 Å². The molecule has 2 nitrogen and oxygen atoms in total. The van der Waals surface area contributed by atoms with E-state index < -0.39 is 0 Å². The predicted octanol–water partition coefficient (Wildman–Crippen LogP) is 1.08. The highest BCUT2D eigenvalue weighted by Crippen LogP contribution is 2.38. The van der Waals surface area contributed by atoms with Gasteiger partial charge in [-0.15, -0.1) is 0 Å². The minimum Gasteiger partial charge on any atom is -0.317 e. The van der Waals surface area contributed by atoms with Gasteiger partial charge in [-0.3, -0.25) is 0 Å². The Kier molecular flexibility index (Phi) is 2.37. The molecule has 1 spiro atoms. The summed E-state index contributed by atoms with van der Waals surface area (Å²) < 4.78 is 0. The predicted molar refractivity (Wildman–Crippen MR) is 51.3 cm³/mol. The standard InChI is InChI=1S/C10H20N2/c1-2-12-8-5-10(9-12)3-6-11-7-4-10/h11H,2-9H2,1H3. The zero-order chi connectivity index (χ0) is 8.44. The molecule has 0 atom stereocenters. The summed E-state index contributed by atoms with van der Waals surface area (Å²) in [4.78, 5) is 2.60. The van der Waals surface area contributed by atoms with Crippen molar-refractivity contribution in [2.75, 3.05) is 32.7 Å². The number of hydrogen-bond donors (Lipinski definition) is 1. The molecule has 0 unspecified atom stereocenters. The summed E-state index contributed by atoms with van der Waals surface area (Å²) in [6.07, 6.45) is 4.26. The van der Waals surface area contributed by atoms with Gasteiger partial charge in [-0.25, -0.2) is 0 Å². The van der Waals surface area contributed by atoms with Crippen LogP contribution in [0.3, 0.4) is 0 Å². The highest BCUT2D eigenvalue weighted by molar-refractivity contribution is 4.92. The van der Waals surface area contributed by atoms with Crippen molar-refractivity contribution in [2.24, 2.45) is 5.41 Å². The summed E-state index contributed by atoms with van der Waals surface area (Å²) in [7, 11) is 0. The third kappa shape index (κ3) is 1.50. The van der Waals surface area contributed by atoms with Crippen LogP contribution in [0.5, 0.6) is 0 Å². The number of likely N-dealkylation sites (tertiary alicyclic amines) is 1. The molecule has 0 aromatic heterocycles. The van der Waals surface area contributed by atoms with Gasteiger partial charge in [-0.05, 0) is 50.9 Å². The van der Waals surface area contributed by atoms with E-state index in [1.54, 1.807) is 0 Å². The van der Waals surface area contributed by atoms with Crippen LogP contribution in [0.15, 0.2) is 0 Å². The number of nitrogens with zero attached hydrogens (tertiary/aromatic N) is 1. The van der Waals surface area contributed by atoms with Crippen molar-refractivity contribution in [3.63, 3.8) is 0 Å². The summed E-state index contributed by atoms with van der Waals surface area (Å²) in [6.45, 7) is 8.73. The van der Waals surface area contributed by atoms with Crippen LogP contribution in [0.25, 0.3) is 0 Å². The molecule has 0 bridgehead atoms. The third-order valence-corrected chi connectivity index (χ3v) is 3.63. The van der Waals surface area contributed by atoms with E-state index in [9.17, 15) is 0 Å². The number of rotatable bonds is 1. The molecule has 0 amide bonds. The van der Waals surface area contributed by atoms with Crippen molar-refractivity contribution in [1.29, 1.82) is 0 Å². The SMILES string of the molecule is CCN1CCC2(CCNCC2)C1. The molecule has 2 aliphatic heterocycles. The van der Waals surface area contributed by atoms with Gasteiger partial charge in [0.1, 0.15) is 0 Å². The maximum Gasteiger partial charge on any atom is 0.00393 e. The van der Waals surface area contributed by atoms with Crippen molar-refractivity contribution in [2.45, 2.75) is 26.2 Å². The van der Waals surface area contributed by atoms with Crippen LogP contribution in [0.2, 0.25) is 0 Å². The Bertz CT molecular complexity index is 150. The van der Waals surface area contributed by atoms with E-state index in [0.717, 1.165) is 0 Å². The molecule has 12 heavy (non-hydrogen) atoms. The highest BCUT2D eigenvalue weighted by atomic mass is 15.2. The van der Waals surface area contributed by atoms with Crippen molar-refractivity contribution >= 4 is 0 Å². The molecule has 0 saturated carbocycles. The summed E-state index contributed by atoms with van der Waals surface area (Å²) in [5.41, 5.74) is 0.710. The molecule has 2 fully saturated rings. The molecule has 0 radical (unpaired) electrons. The molecule has 70 valence electrons. The Labute approximate surface area is 75.3 Å². The number of nitrogens with one attached hydrogen (secondary N) is 1. The first-order chi connectivity index (χ1) is 5.85. The largest absolute Gasteiger partial charge is 0.317 e. The second kappa shape index (κ2) is 3.35. The molecule has 0 aromatic rings. The Morgan fingerprint density at radius 2 is 2.00 bits per heavy atom. The Hall–Kier alpha value is -0.0800. The van der Waals surface area contributed by atoms with E-state index in [1.165, 1.54) is 52.0 Å². The zero-order valence-corrected chi connectivity index (χ0v) is 8.10. The molecule has 2 heterocycles. The second-order valence-electron chi connectivity index (χ2n) is 4.37. The third-order valence-electron chi connectivity index (χ3n) is 3.63. The quantitative estimate of drug-likeness (QED) is 0.630. The lowest BCUT2D eigenvalue weighted by Gasteiger charge is -2.33. The minimum absolute atomic E-state index is 0.710. The first-order valence-electron chi connectivity index (χ1n) is 5.28. The van der Waals surface area contributed by atoms with Crippen LogP contribution in [0, 0.1) is 5.41 Å². The molecule has 2 heteroatoms. The topological polar surface area (TPSA) is 15.3 Å². The number of hydrogen-bond acceptors (Lipinski definition) is 2. The summed E-state index contributed by atoms with van der Waals surface area (Å²) >= 11 is 0. The fraction of sp³-hybridized carbons (Fsp3) is 1.00. The first-order valence-corrected chi connectivity index (χ1v) is 5.28. The van der Waals surface area contributed by atoms with E-state index in [-0.39, 0.29) is 0 Å². The lowest BCUT2D eigenvalue weighted by Crippen LogP contribution is -2.38. The van der Waals surface area contributed by atoms with Gasteiger partial charge >= 0.3 is 0 Å². The van der Waals surface area contributed by atoms with Crippen LogP contribution in [0.1, 0.15) is 26.2 Å². The van der Waals surface area contributed by atoms with Gasteiger partial charge in [0.05, 0.1) is 0 Å². The molecule has 0 aliphatic carbocycles. The zero-order valence-electron chi connectivity index (χ0n) is 8.10. The monoisotopic (exact) mass is 168 g/mol. The van der Waals surface area contributed by atoms with E-state index in [1.807, 2.05) is 0 Å². The Morgan fingerprint density at radius 1 is 1.25 bits per heavy atom. The lowest BCUT2D eigenvalue weighted by molar-refractivity contribution is 0.199. The average Bonchev–Trinajstić information content (AvgIpc) is 2.50. The fourth-order valence-corrected chi connectivity index (χ4v) is 2.66. The summed E-state index contributed by atoms with van der Waals surface area (Å²) in [6, 6.07) is 0. The average molecular weight is 168 g/mol. The minimum atomic E-state index is 0.710. The van der Waals surface area contributed by atoms with E-state index in [2.05, 4.69) is 17.1 Å². The van der Waals surface area contributed by atoms with Crippen molar-refractivity contribution < 1.29 is 0 Å². The maximum absolute atomic E-state index is 3.45. The van der Waals surface area contributed by atoms with Crippen LogP contribution in [-0.2, 0) is 0 Å². The van der Waals surface area contributed by atoms with Crippen LogP contribution in [0.4, 0.5) is 0 Å². The lowest BCUT2D eigenvalue weighted by atomic mass is 9.78. The van der Waals surface area contributed by atoms with Gasteiger partial charge < -0.3 is 10.2 Å². The van der Waals surface area contributed by atoms with E-state index >= 15 is 0 Å². The van der Waals surface area contributed by atoms with Gasteiger partial charge in [-0.2, -0.15) is 0 Å². The summed E-state index contributed by atoms with van der Waals surface area (Å²) in [5, 5.41) is 3.45. The van der Waals surface area contributed by atoms with Crippen LogP contribution < -0.4 is 5.32 Å². The van der Waals surface area contributed by atoms with Gasteiger partial charge in [0.15, 0.2) is 0 Å². The fourth-order valence-electron chi connectivity index (χ4n) is 2.66. The molecule has 0 aromatic carbocycles. The van der Waals surface area contributed by atoms with Gasteiger partial charge in [0, 0.05) is 6.54 Å². The van der Waals surface area contributed by atoms with E-state index in [0.29, 0.717) is 5.41 Å². The van der Waals surface area contributed by atoms with Gasteiger partial charge in [0.2, 0.25) is 0 Å². The van der Waals surface area contributed by atoms with Crippen molar-refractivity contribution in [1.82, 2.24) is 10.2 Å². The molecule has 2 aliphatic rings. The molecule has 2 saturated heterocycles. The summed E-state index contributed by atoms with van der Waals surface area (Å²) in [5.74, 6) is 0. The number of piperidine rings is 1. The van der Waals surface area contributed by atoms with Gasteiger partial charge in [-0.1, -0.05) is 6.92 Å². The normalized spacial score (nSPS) is 29.8. The smallest absolute Gasteiger partial charge is 0.00393 e. The van der Waals surface area contributed by atoms with E-state index in [4.69, 9.17) is 0 Å². The highest BCUT2D eigenvalue weighted by Gasteiger charge is 2.37. The second-order valence-corrected chi connectivity index (χ2v) is 4.37. The molecule has 1 N–H and O–H groups in total. The molecule has 2 rings (SSSR count). The first kappa shape index (κ1) is 8.52. The Morgan fingerprint density at radius 3 is 2.58 bits per heavy atom. The van der Waals surface area contributed by atoms with Gasteiger partial charge in [0.25, 0.3) is 0 Å². The molecular weight excluding hydrogens is 148 g/mol. The maximum atomic E-state index is 3.45. The Balaban J connectivity index is 1.94. The van der Waals surface area contributed by atoms with Crippen molar-refractivity contribution in [3.05, 3.63) is 0 Å².